The van der Waals surface area contributed by atoms with Crippen molar-refractivity contribution in [1.82, 2.24) is 9.88 Å². The molecule has 7 nitrogen and oxygen atoms in total. The van der Waals surface area contributed by atoms with Gasteiger partial charge in [0.05, 0.1) is 22.7 Å². The molecule has 5 atom stereocenters. The van der Waals surface area contributed by atoms with Gasteiger partial charge in [-0.25, -0.2) is 0 Å². The highest BCUT2D eigenvalue weighted by Gasteiger charge is 2.44. The molecule has 0 spiro atoms. The predicted octanol–water partition coefficient (Wildman–Crippen LogP) is 6.37. The zero-order valence-corrected chi connectivity index (χ0v) is 23.0. The van der Waals surface area contributed by atoms with Crippen molar-refractivity contribution in [2.75, 3.05) is 23.7 Å². The van der Waals surface area contributed by atoms with Crippen molar-refractivity contribution in [2.24, 2.45) is 11.8 Å². The van der Waals surface area contributed by atoms with Crippen molar-refractivity contribution in [2.45, 2.75) is 37.3 Å². The van der Waals surface area contributed by atoms with Crippen LogP contribution in [-0.2, 0) is 12.4 Å². The summed E-state index contributed by atoms with van der Waals surface area (Å²) in [4.78, 5) is 32.2. The lowest BCUT2D eigenvalue weighted by Gasteiger charge is -2.52. The summed E-state index contributed by atoms with van der Waals surface area (Å²) in [6.45, 7) is 5.40. The quantitative estimate of drug-likeness (QED) is 0.126. The van der Waals surface area contributed by atoms with E-state index in [4.69, 9.17) is 0 Å². The van der Waals surface area contributed by atoms with E-state index >= 15 is 0 Å². The SMILES string of the molecule is C=CC1CN2CCC1C[C@H]2[C@@H](Nc1c(Nc2cc(C(F)(F)F)cc(C(F)(F)F)c2)c(=O)c1=O)c1ccnc2ccc(O)cc12. The van der Waals surface area contributed by atoms with E-state index in [0.717, 1.165) is 13.0 Å². The average Bonchev–Trinajstić information content (AvgIpc) is 2.99. The van der Waals surface area contributed by atoms with Crippen molar-refractivity contribution in [1.29, 1.82) is 0 Å². The van der Waals surface area contributed by atoms with E-state index in [9.17, 15) is 41.0 Å². The van der Waals surface area contributed by atoms with Gasteiger partial charge >= 0.3 is 12.4 Å². The zero-order chi connectivity index (χ0) is 31.6. The Balaban J connectivity index is 1.42. The third kappa shape index (κ3) is 5.29. The van der Waals surface area contributed by atoms with E-state index < -0.39 is 51.8 Å². The maximum atomic E-state index is 13.5. The van der Waals surface area contributed by atoms with Gasteiger partial charge in [0.1, 0.15) is 17.1 Å². The number of pyridine rings is 1. The van der Waals surface area contributed by atoms with Gasteiger partial charge < -0.3 is 15.7 Å². The lowest BCUT2D eigenvalue weighted by atomic mass is 9.73. The van der Waals surface area contributed by atoms with Crippen LogP contribution in [0.15, 0.2) is 70.9 Å². The second kappa shape index (κ2) is 10.7. The van der Waals surface area contributed by atoms with Crippen LogP contribution in [0.25, 0.3) is 10.9 Å². The molecule has 3 saturated heterocycles. The third-order valence-electron chi connectivity index (χ3n) is 8.70. The molecule has 0 amide bonds. The normalized spacial score (nSPS) is 22.7. The van der Waals surface area contributed by atoms with Crippen molar-refractivity contribution >= 4 is 28.0 Å². The van der Waals surface area contributed by atoms with E-state index in [1.165, 1.54) is 12.1 Å². The fourth-order valence-electron chi connectivity index (χ4n) is 6.51. The number of hydrogen-bond acceptors (Lipinski definition) is 7. The summed E-state index contributed by atoms with van der Waals surface area (Å²) in [5, 5.41) is 16.3. The molecule has 0 aliphatic carbocycles. The Kier molecular flexibility index (Phi) is 7.18. The highest BCUT2D eigenvalue weighted by molar-refractivity contribution is 5.85. The lowest BCUT2D eigenvalue weighted by molar-refractivity contribution is -0.143. The van der Waals surface area contributed by atoms with Crippen LogP contribution in [0, 0.1) is 11.8 Å². The van der Waals surface area contributed by atoms with Gasteiger partial charge in [0.25, 0.3) is 10.9 Å². The topological polar surface area (TPSA) is 94.6 Å². The van der Waals surface area contributed by atoms with Crippen LogP contribution in [-0.4, -0.2) is 34.1 Å². The largest absolute Gasteiger partial charge is 0.508 e. The first-order valence-corrected chi connectivity index (χ1v) is 13.8. The molecule has 230 valence electrons. The van der Waals surface area contributed by atoms with E-state index in [0.29, 0.717) is 47.5 Å². The molecule has 44 heavy (non-hydrogen) atoms. The molecule has 7 rings (SSSR count). The standard InChI is InChI=1S/C31H26F6N4O3/c1-2-15-14-41-8-6-16(15)9-24(41)25(21-5-7-38-23-4-3-20(42)13-22(21)23)40-27-26(28(43)29(27)44)39-19-11-17(30(32,33)34)10-18(12-19)31(35,36)37/h2-5,7,10-13,15-16,24-25,39-40,42H,1,6,8-9,14H2/t15?,16?,24-,25-/m0/s1. The number of aromatic nitrogens is 1. The molecule has 3 aliphatic rings. The molecule has 0 radical (unpaired) electrons. The number of anilines is 3. The number of benzene rings is 2. The summed E-state index contributed by atoms with van der Waals surface area (Å²) < 4.78 is 80.8. The molecule has 4 aromatic rings. The number of nitrogens with one attached hydrogen (secondary N) is 2. The van der Waals surface area contributed by atoms with Crippen LogP contribution in [0.2, 0.25) is 0 Å². The number of rotatable bonds is 7. The maximum Gasteiger partial charge on any atom is 0.416 e. The van der Waals surface area contributed by atoms with Crippen LogP contribution < -0.4 is 21.5 Å². The number of alkyl halides is 6. The molecular formula is C31H26F6N4O3. The molecule has 3 aliphatic heterocycles. The number of aromatic hydroxyl groups is 1. The fourth-order valence-corrected chi connectivity index (χ4v) is 6.51. The van der Waals surface area contributed by atoms with E-state index in [2.05, 4.69) is 27.1 Å². The highest BCUT2D eigenvalue weighted by Crippen LogP contribution is 2.44. The van der Waals surface area contributed by atoms with E-state index in [-0.39, 0.29) is 29.5 Å². The summed E-state index contributed by atoms with van der Waals surface area (Å²) in [5.74, 6) is 0.527. The van der Waals surface area contributed by atoms with Crippen molar-refractivity contribution in [3.05, 3.63) is 98.5 Å². The molecule has 1 aromatic heterocycles. The average molecular weight is 617 g/mol. The summed E-state index contributed by atoms with van der Waals surface area (Å²) in [6.07, 6.45) is -5.08. The summed E-state index contributed by atoms with van der Waals surface area (Å²) >= 11 is 0. The van der Waals surface area contributed by atoms with Gasteiger partial charge in [-0.3, -0.25) is 19.5 Å². The minimum atomic E-state index is -5.09. The van der Waals surface area contributed by atoms with Crippen LogP contribution in [0.1, 0.15) is 35.6 Å². The van der Waals surface area contributed by atoms with Crippen molar-refractivity contribution in [3.63, 3.8) is 0 Å². The smallest absolute Gasteiger partial charge is 0.416 e. The summed E-state index contributed by atoms with van der Waals surface area (Å²) in [5.41, 5.74) is -5.29. The highest BCUT2D eigenvalue weighted by atomic mass is 19.4. The monoisotopic (exact) mass is 616 g/mol. The predicted molar refractivity (Wildman–Crippen MR) is 153 cm³/mol. The van der Waals surface area contributed by atoms with Gasteiger partial charge in [-0.2, -0.15) is 26.3 Å². The Bertz CT molecular complexity index is 1800. The number of nitrogens with zero attached hydrogens (tertiary/aromatic N) is 2. The molecule has 3 fully saturated rings. The Morgan fingerprint density at radius 1 is 0.977 bits per heavy atom. The van der Waals surface area contributed by atoms with Crippen LogP contribution in [0.5, 0.6) is 5.75 Å². The van der Waals surface area contributed by atoms with Gasteiger partial charge in [-0.05, 0) is 79.3 Å². The molecule has 13 heteroatoms. The summed E-state index contributed by atoms with van der Waals surface area (Å²) in [6, 6.07) is 6.37. The molecule has 3 N–H and O–H groups in total. The fraction of sp³-hybridized carbons (Fsp3) is 0.323. The van der Waals surface area contributed by atoms with Gasteiger partial charge in [0.2, 0.25) is 0 Å². The minimum Gasteiger partial charge on any atom is -0.508 e. The van der Waals surface area contributed by atoms with Gasteiger partial charge in [-0.15, -0.1) is 6.58 Å². The molecule has 2 bridgehead atoms. The number of hydrogen-bond donors (Lipinski definition) is 3. The van der Waals surface area contributed by atoms with Gasteiger partial charge in [0, 0.05) is 29.9 Å². The Morgan fingerprint density at radius 3 is 2.27 bits per heavy atom. The number of fused-ring (bicyclic) bond motifs is 4. The molecule has 3 unspecified atom stereocenters. The molecule has 4 heterocycles. The zero-order valence-electron chi connectivity index (χ0n) is 23.0. The first-order valence-electron chi connectivity index (χ1n) is 13.8. The number of halogens is 6. The first kappa shape index (κ1) is 29.7. The van der Waals surface area contributed by atoms with Crippen LogP contribution in [0.4, 0.5) is 43.4 Å². The number of piperidine rings is 3. The summed E-state index contributed by atoms with van der Waals surface area (Å²) in [7, 11) is 0. The van der Waals surface area contributed by atoms with E-state index in [1.54, 1.807) is 18.3 Å². The molecule has 0 saturated carbocycles. The van der Waals surface area contributed by atoms with Crippen LogP contribution >= 0.6 is 0 Å². The van der Waals surface area contributed by atoms with E-state index in [1.807, 2.05) is 6.08 Å². The van der Waals surface area contributed by atoms with Gasteiger partial charge in [-0.1, -0.05) is 6.08 Å². The minimum absolute atomic E-state index is 0.0183. The third-order valence-corrected chi connectivity index (χ3v) is 8.70. The maximum absolute atomic E-state index is 13.5. The second-order valence-corrected chi connectivity index (χ2v) is 11.3. The number of phenols is 1. The van der Waals surface area contributed by atoms with Gasteiger partial charge in [0.15, 0.2) is 0 Å². The second-order valence-electron chi connectivity index (χ2n) is 11.3. The Labute approximate surface area is 246 Å². The van der Waals surface area contributed by atoms with Crippen LogP contribution in [0.3, 0.4) is 0 Å². The first-order chi connectivity index (χ1) is 20.7. The lowest BCUT2D eigenvalue weighted by Crippen LogP contribution is -2.56. The number of phenolic OH excluding ortho intramolecular Hbond substituents is 1. The Hall–Kier alpha value is -4.39. The molecular weight excluding hydrogens is 590 g/mol. The van der Waals surface area contributed by atoms with Crippen molar-refractivity contribution in [3.8, 4) is 5.75 Å². The van der Waals surface area contributed by atoms with Crippen molar-refractivity contribution < 1.29 is 31.4 Å². The Morgan fingerprint density at radius 2 is 1.66 bits per heavy atom. The molecule has 3 aromatic carbocycles.